The van der Waals surface area contributed by atoms with Crippen molar-refractivity contribution >= 4 is 22.4 Å². The number of likely N-dealkylation sites (N-methyl/N-ethyl adjacent to an activating group) is 1. The van der Waals surface area contributed by atoms with Gasteiger partial charge in [-0.05, 0) is 64.8 Å². The van der Waals surface area contributed by atoms with E-state index >= 15 is 0 Å². The maximum absolute atomic E-state index is 14.9. The first-order valence-electron chi connectivity index (χ1n) is 12.5. The molecular weight excluding hydrogens is 502 g/mol. The maximum atomic E-state index is 14.9. The molecule has 1 saturated carbocycles. The van der Waals surface area contributed by atoms with E-state index < -0.39 is 23.6 Å². The van der Waals surface area contributed by atoms with Crippen LogP contribution in [-0.4, -0.2) is 48.2 Å². The highest BCUT2D eigenvalue weighted by Crippen LogP contribution is 2.38. The number of methoxy groups -OCH3 is 1. The average Bonchev–Trinajstić information content (AvgIpc) is 3.63. The second kappa shape index (κ2) is 10.8. The first kappa shape index (κ1) is 27.7. The van der Waals surface area contributed by atoms with E-state index in [2.05, 4.69) is 27.2 Å². The van der Waals surface area contributed by atoms with Crippen LogP contribution < -0.4 is 20.5 Å². The van der Waals surface area contributed by atoms with Gasteiger partial charge >= 0.3 is 6.18 Å². The third-order valence-corrected chi connectivity index (χ3v) is 6.50. The Morgan fingerprint density at radius 2 is 1.84 bits per heavy atom. The van der Waals surface area contributed by atoms with Crippen LogP contribution in [0.3, 0.4) is 0 Å². The fraction of sp³-hybridized carbons (Fsp3) is 0.481. The molecule has 1 aromatic heterocycles. The van der Waals surface area contributed by atoms with Crippen LogP contribution in [0.2, 0.25) is 0 Å². The molecule has 1 heterocycles. The lowest BCUT2D eigenvalue weighted by Crippen LogP contribution is -2.32. The minimum absolute atomic E-state index is 0.144. The van der Waals surface area contributed by atoms with Crippen molar-refractivity contribution < 1.29 is 27.0 Å². The van der Waals surface area contributed by atoms with Gasteiger partial charge < -0.3 is 25.4 Å². The van der Waals surface area contributed by atoms with Crippen molar-refractivity contribution in [1.29, 1.82) is 0 Å². The van der Waals surface area contributed by atoms with Gasteiger partial charge in [0.05, 0.1) is 24.2 Å². The van der Waals surface area contributed by atoms with Crippen molar-refractivity contribution in [1.82, 2.24) is 14.9 Å². The van der Waals surface area contributed by atoms with Crippen LogP contribution in [0, 0.1) is 18.7 Å². The summed E-state index contributed by atoms with van der Waals surface area (Å²) in [6, 6.07) is 4.35. The van der Waals surface area contributed by atoms with Gasteiger partial charge in [0.2, 0.25) is 0 Å². The number of nitrogens with one attached hydrogen (secondary N) is 1. The van der Waals surface area contributed by atoms with Gasteiger partial charge in [-0.1, -0.05) is 0 Å². The monoisotopic (exact) mass is 535 g/mol. The molecule has 2 aromatic carbocycles. The van der Waals surface area contributed by atoms with E-state index in [1.165, 1.54) is 26.0 Å². The molecule has 0 saturated heterocycles. The van der Waals surface area contributed by atoms with E-state index in [9.17, 15) is 17.6 Å². The molecular formula is C27H33F4N5O2. The highest BCUT2D eigenvalue weighted by Gasteiger charge is 2.36. The van der Waals surface area contributed by atoms with Crippen LogP contribution in [-0.2, 0) is 6.18 Å². The van der Waals surface area contributed by atoms with Crippen LogP contribution in [0.5, 0.6) is 11.5 Å². The molecule has 0 spiro atoms. The summed E-state index contributed by atoms with van der Waals surface area (Å²) < 4.78 is 66.8. The average molecular weight is 536 g/mol. The lowest BCUT2D eigenvalue weighted by atomic mass is 10.0. The Morgan fingerprint density at radius 3 is 2.47 bits per heavy atom. The number of nitrogens with zero attached hydrogens (tertiary/aromatic N) is 3. The topological polar surface area (TPSA) is 85.5 Å². The van der Waals surface area contributed by atoms with Gasteiger partial charge in [-0.2, -0.15) is 13.2 Å². The van der Waals surface area contributed by atoms with Crippen LogP contribution in [0.15, 0.2) is 24.3 Å². The molecule has 1 aliphatic carbocycles. The first-order valence-corrected chi connectivity index (χ1v) is 12.5. The van der Waals surface area contributed by atoms with Crippen LogP contribution in [0.4, 0.5) is 29.1 Å². The Hall–Kier alpha value is -3.34. The second-order valence-electron chi connectivity index (χ2n) is 10.1. The molecule has 3 N–H and O–H groups in total. The number of hydrogen-bond donors (Lipinski definition) is 2. The predicted octanol–water partition coefficient (Wildman–Crippen LogP) is 5.97. The summed E-state index contributed by atoms with van der Waals surface area (Å²) in [7, 11) is 3.60. The van der Waals surface area contributed by atoms with E-state index in [4.69, 9.17) is 15.2 Å². The number of hydrogen-bond acceptors (Lipinski definition) is 7. The van der Waals surface area contributed by atoms with Crippen LogP contribution >= 0.6 is 0 Å². The number of alkyl halides is 3. The van der Waals surface area contributed by atoms with Crippen LogP contribution in [0.25, 0.3) is 10.9 Å². The Morgan fingerprint density at radius 1 is 1.13 bits per heavy atom. The molecule has 0 aliphatic heterocycles. The van der Waals surface area contributed by atoms with Gasteiger partial charge in [0.1, 0.15) is 23.6 Å². The van der Waals surface area contributed by atoms with Gasteiger partial charge in [-0.15, -0.1) is 0 Å². The number of aryl methyl sites for hydroxylation is 1. The number of aromatic nitrogens is 2. The highest BCUT2D eigenvalue weighted by atomic mass is 19.4. The number of fused-ring (bicyclic) bond motifs is 1. The summed E-state index contributed by atoms with van der Waals surface area (Å²) >= 11 is 0. The summed E-state index contributed by atoms with van der Waals surface area (Å²) in [5.74, 6) is 1.09. The smallest absolute Gasteiger partial charge is 0.419 e. The Balaban J connectivity index is 1.66. The summed E-state index contributed by atoms with van der Waals surface area (Å²) in [4.78, 5) is 11.2. The zero-order chi connectivity index (χ0) is 27.8. The fourth-order valence-electron chi connectivity index (χ4n) is 4.60. The summed E-state index contributed by atoms with van der Waals surface area (Å²) in [6.45, 7) is 6.95. The molecule has 0 radical (unpaired) electrons. The quantitative estimate of drug-likeness (QED) is 0.244. The highest BCUT2D eigenvalue weighted by molar-refractivity contribution is 5.92. The molecule has 7 nitrogen and oxygen atoms in total. The molecule has 4 rings (SSSR count). The molecule has 11 heteroatoms. The predicted molar refractivity (Wildman–Crippen MR) is 139 cm³/mol. The summed E-state index contributed by atoms with van der Waals surface area (Å²) in [5.41, 5.74) is 4.40. The number of benzene rings is 2. The molecule has 2 atom stereocenters. The van der Waals surface area contributed by atoms with Gasteiger partial charge in [-0.25, -0.2) is 14.4 Å². The zero-order valence-corrected chi connectivity index (χ0v) is 22.1. The lowest BCUT2D eigenvalue weighted by molar-refractivity contribution is -0.140. The minimum Gasteiger partial charge on any atom is -0.493 e. The maximum Gasteiger partial charge on any atom is 0.419 e. The van der Waals surface area contributed by atoms with Crippen molar-refractivity contribution in [3.05, 3.63) is 47.0 Å². The largest absolute Gasteiger partial charge is 0.493 e. The molecule has 3 aromatic rings. The molecule has 38 heavy (non-hydrogen) atoms. The van der Waals surface area contributed by atoms with Crippen molar-refractivity contribution in [3.63, 3.8) is 0 Å². The molecule has 0 bridgehead atoms. The molecule has 1 fully saturated rings. The van der Waals surface area contributed by atoms with Crippen molar-refractivity contribution in [2.75, 3.05) is 38.3 Å². The molecule has 0 amide bonds. The normalized spacial score (nSPS) is 15.5. The van der Waals surface area contributed by atoms with Crippen LogP contribution in [0.1, 0.15) is 49.7 Å². The lowest BCUT2D eigenvalue weighted by Gasteiger charge is -2.24. The Kier molecular flexibility index (Phi) is 7.87. The SMILES string of the molecule is COc1cc2nc(C)nc(N[C@H](C)c3cc(N)cc(C(F)(F)F)c3F)c2cc1O[C@@H](C)CN(C)CC1CC1. The second-order valence-corrected chi connectivity index (χ2v) is 10.1. The third kappa shape index (κ3) is 6.38. The number of nitrogens with two attached hydrogens (primary N) is 1. The minimum atomic E-state index is -4.88. The van der Waals surface area contributed by atoms with Crippen molar-refractivity contribution in [3.8, 4) is 11.5 Å². The number of rotatable bonds is 10. The standard InChI is InChI=1S/C27H33F4N5O2/c1-14(12-36(4)13-17-6-7-17)38-24-10-20-22(11-23(24)37-5)34-16(3)35-26(20)33-15(2)19-8-18(32)9-21(25(19)28)27(29,30)31/h8-11,14-15,17H,6-7,12-13,32H2,1-5H3,(H,33,34,35)/t14-,15+/m0/s1. The van der Waals surface area contributed by atoms with E-state index in [1.807, 2.05) is 6.92 Å². The summed E-state index contributed by atoms with van der Waals surface area (Å²) in [6.07, 6.45) is -2.49. The Labute approximate surface area is 219 Å². The number of ether oxygens (including phenoxy) is 2. The molecule has 206 valence electrons. The van der Waals surface area contributed by atoms with Crippen molar-refractivity contribution in [2.24, 2.45) is 5.92 Å². The van der Waals surface area contributed by atoms with E-state index in [0.29, 0.717) is 40.1 Å². The number of halogens is 4. The Bertz CT molecular complexity index is 1310. The van der Waals surface area contributed by atoms with Gasteiger partial charge in [0, 0.05) is 35.8 Å². The van der Waals surface area contributed by atoms with E-state index in [-0.39, 0.29) is 17.4 Å². The third-order valence-electron chi connectivity index (χ3n) is 6.50. The van der Waals surface area contributed by atoms with E-state index in [1.54, 1.807) is 26.0 Å². The fourth-order valence-corrected chi connectivity index (χ4v) is 4.60. The van der Waals surface area contributed by atoms with Gasteiger partial charge in [0.25, 0.3) is 0 Å². The zero-order valence-electron chi connectivity index (χ0n) is 22.1. The van der Waals surface area contributed by atoms with Gasteiger partial charge in [0.15, 0.2) is 11.5 Å². The van der Waals surface area contributed by atoms with Crippen molar-refractivity contribution in [2.45, 2.75) is 51.9 Å². The molecule has 0 unspecified atom stereocenters. The first-order chi connectivity index (χ1) is 17.8. The molecule has 1 aliphatic rings. The summed E-state index contributed by atoms with van der Waals surface area (Å²) in [5, 5.41) is 3.60. The number of anilines is 2. The van der Waals surface area contributed by atoms with E-state index in [0.717, 1.165) is 19.0 Å². The van der Waals surface area contributed by atoms with Gasteiger partial charge in [-0.3, -0.25) is 0 Å². The number of nitrogen functional groups attached to an aromatic ring is 1.